The first kappa shape index (κ1) is 12.6. The number of halogens is 4. The van der Waals surface area contributed by atoms with Gasteiger partial charge in [0.15, 0.2) is 0 Å². The highest BCUT2D eigenvalue weighted by Gasteiger charge is 2.19. The molecule has 0 N–H and O–H groups in total. The quantitative estimate of drug-likeness (QED) is 0.469. The molecule has 15 heavy (non-hydrogen) atoms. The van der Waals surface area contributed by atoms with Crippen LogP contribution in [0.3, 0.4) is 0 Å². The van der Waals surface area contributed by atoms with E-state index in [0.29, 0.717) is 3.57 Å². The molecule has 1 rings (SSSR count). The molecule has 0 radical (unpaired) electrons. The summed E-state index contributed by atoms with van der Waals surface area (Å²) in [6.07, 6.45) is -2.78. The highest BCUT2D eigenvalue weighted by molar-refractivity contribution is 14.1. The Morgan fingerprint density at radius 3 is 2.73 bits per heavy atom. The molecule has 0 saturated carbocycles. The van der Waals surface area contributed by atoms with Crippen molar-refractivity contribution in [2.24, 2.45) is 0 Å². The minimum atomic E-state index is -2.78. The summed E-state index contributed by atoms with van der Waals surface area (Å²) in [5.41, 5.74) is -0.547. The van der Waals surface area contributed by atoms with Gasteiger partial charge in [0, 0.05) is 0 Å². The standard InChI is InChI=1S/C8H5ClF2INO2/c1-15-8(14)3-2-4(7(10)11)13-6(9)5(3)12/h2,7H,1H3. The third-order valence-corrected chi connectivity index (χ3v) is 3.25. The van der Waals surface area contributed by atoms with Gasteiger partial charge < -0.3 is 4.74 Å². The van der Waals surface area contributed by atoms with E-state index in [-0.39, 0.29) is 10.7 Å². The second-order valence-electron chi connectivity index (χ2n) is 2.49. The first-order valence-electron chi connectivity index (χ1n) is 3.69. The third kappa shape index (κ3) is 2.75. The molecule has 82 valence electrons. The maximum absolute atomic E-state index is 12.4. The van der Waals surface area contributed by atoms with Crippen LogP contribution in [0.5, 0.6) is 0 Å². The number of carbonyl (C=O) groups excluding carboxylic acids is 1. The molecule has 0 aliphatic heterocycles. The second kappa shape index (κ2) is 5.02. The molecule has 0 amide bonds. The van der Waals surface area contributed by atoms with Gasteiger partial charge in [-0.1, -0.05) is 11.6 Å². The Labute approximate surface area is 103 Å². The number of esters is 1. The summed E-state index contributed by atoms with van der Waals surface area (Å²) in [6.45, 7) is 0. The summed E-state index contributed by atoms with van der Waals surface area (Å²) < 4.78 is 29.4. The molecule has 0 aliphatic carbocycles. The van der Waals surface area contributed by atoms with Gasteiger partial charge in [0.1, 0.15) is 10.8 Å². The molecular formula is C8H5ClF2INO2. The Morgan fingerprint density at radius 1 is 1.67 bits per heavy atom. The van der Waals surface area contributed by atoms with E-state index in [2.05, 4.69) is 9.72 Å². The van der Waals surface area contributed by atoms with Crippen molar-refractivity contribution in [2.45, 2.75) is 6.43 Å². The zero-order valence-corrected chi connectivity index (χ0v) is 10.3. The number of rotatable bonds is 2. The highest BCUT2D eigenvalue weighted by atomic mass is 127. The Balaban J connectivity index is 3.31. The minimum absolute atomic E-state index is 0.00611. The molecule has 3 nitrogen and oxygen atoms in total. The van der Waals surface area contributed by atoms with Crippen molar-refractivity contribution in [2.75, 3.05) is 7.11 Å². The summed E-state index contributed by atoms with van der Waals surface area (Å²) in [6, 6.07) is 0.976. The zero-order chi connectivity index (χ0) is 11.6. The van der Waals surface area contributed by atoms with Gasteiger partial charge in [0.25, 0.3) is 6.43 Å². The van der Waals surface area contributed by atoms with Gasteiger partial charge in [0.2, 0.25) is 0 Å². The predicted octanol–water partition coefficient (Wildman–Crippen LogP) is 3.06. The van der Waals surface area contributed by atoms with E-state index in [1.54, 1.807) is 22.6 Å². The van der Waals surface area contributed by atoms with Crippen LogP contribution >= 0.6 is 34.2 Å². The zero-order valence-electron chi connectivity index (χ0n) is 7.43. The van der Waals surface area contributed by atoms with Gasteiger partial charge in [-0.3, -0.25) is 0 Å². The van der Waals surface area contributed by atoms with Crippen LogP contribution in [0, 0.1) is 3.57 Å². The molecule has 0 unspecified atom stereocenters. The van der Waals surface area contributed by atoms with Crippen molar-refractivity contribution in [3.05, 3.63) is 26.0 Å². The van der Waals surface area contributed by atoms with Crippen LogP contribution in [0.2, 0.25) is 5.15 Å². The molecule has 1 aromatic rings. The van der Waals surface area contributed by atoms with E-state index in [9.17, 15) is 13.6 Å². The number of methoxy groups -OCH3 is 1. The maximum Gasteiger partial charge on any atom is 0.339 e. The summed E-state index contributed by atoms with van der Waals surface area (Å²) in [7, 11) is 1.16. The lowest BCUT2D eigenvalue weighted by Crippen LogP contribution is -2.07. The van der Waals surface area contributed by atoms with Gasteiger partial charge in [-0.05, 0) is 28.7 Å². The predicted molar refractivity (Wildman–Crippen MR) is 58.3 cm³/mol. The third-order valence-electron chi connectivity index (χ3n) is 1.57. The Hall–Kier alpha value is -0.500. The number of carbonyl (C=O) groups is 1. The number of aromatic nitrogens is 1. The highest BCUT2D eigenvalue weighted by Crippen LogP contribution is 2.26. The number of hydrogen-bond donors (Lipinski definition) is 0. The first-order valence-corrected chi connectivity index (χ1v) is 5.15. The van der Waals surface area contributed by atoms with Crippen molar-refractivity contribution >= 4 is 40.2 Å². The number of ether oxygens (including phenoxy) is 1. The topological polar surface area (TPSA) is 39.2 Å². The van der Waals surface area contributed by atoms with Gasteiger partial charge in [0.05, 0.1) is 16.2 Å². The summed E-state index contributed by atoms with van der Waals surface area (Å²) in [5.74, 6) is -0.717. The Kier molecular flexibility index (Phi) is 4.21. The molecule has 1 heterocycles. The van der Waals surface area contributed by atoms with Crippen molar-refractivity contribution < 1.29 is 18.3 Å². The molecule has 0 fully saturated rings. The number of alkyl halides is 2. The average Bonchev–Trinajstić information content (AvgIpc) is 2.20. The smallest absolute Gasteiger partial charge is 0.339 e. The molecule has 7 heteroatoms. The normalized spacial score (nSPS) is 10.5. The van der Waals surface area contributed by atoms with Crippen LogP contribution in [-0.2, 0) is 4.74 Å². The van der Waals surface area contributed by atoms with E-state index in [1.807, 2.05) is 0 Å². The van der Waals surface area contributed by atoms with Gasteiger partial charge in [-0.15, -0.1) is 0 Å². The van der Waals surface area contributed by atoms with Crippen molar-refractivity contribution in [1.29, 1.82) is 0 Å². The molecule has 0 spiro atoms. The number of hydrogen-bond acceptors (Lipinski definition) is 3. The van der Waals surface area contributed by atoms with E-state index in [4.69, 9.17) is 11.6 Å². The molecule has 1 aromatic heterocycles. The van der Waals surface area contributed by atoms with Crippen LogP contribution < -0.4 is 0 Å². The van der Waals surface area contributed by atoms with E-state index in [1.165, 1.54) is 0 Å². The lowest BCUT2D eigenvalue weighted by atomic mass is 10.2. The largest absolute Gasteiger partial charge is 0.465 e. The van der Waals surface area contributed by atoms with Gasteiger partial charge in [-0.2, -0.15) is 0 Å². The molecule has 0 aliphatic rings. The van der Waals surface area contributed by atoms with E-state index in [0.717, 1.165) is 13.2 Å². The van der Waals surface area contributed by atoms with Crippen LogP contribution in [0.4, 0.5) is 8.78 Å². The van der Waals surface area contributed by atoms with Gasteiger partial charge >= 0.3 is 5.97 Å². The van der Waals surface area contributed by atoms with Crippen LogP contribution in [0.25, 0.3) is 0 Å². The van der Waals surface area contributed by atoms with Crippen LogP contribution in [-0.4, -0.2) is 18.1 Å². The van der Waals surface area contributed by atoms with E-state index >= 15 is 0 Å². The van der Waals surface area contributed by atoms with Crippen molar-refractivity contribution in [1.82, 2.24) is 4.98 Å². The number of nitrogens with zero attached hydrogens (tertiary/aromatic N) is 1. The molecule has 0 saturated heterocycles. The van der Waals surface area contributed by atoms with E-state index < -0.39 is 18.1 Å². The fourth-order valence-corrected chi connectivity index (χ4v) is 1.58. The molecular weight excluding hydrogens is 342 g/mol. The van der Waals surface area contributed by atoms with Crippen LogP contribution in [0.1, 0.15) is 22.5 Å². The summed E-state index contributed by atoms with van der Waals surface area (Å²) in [4.78, 5) is 14.7. The lowest BCUT2D eigenvalue weighted by molar-refractivity contribution is 0.0598. The first-order chi connectivity index (χ1) is 6.97. The molecule has 0 bridgehead atoms. The maximum atomic E-state index is 12.4. The monoisotopic (exact) mass is 347 g/mol. The Morgan fingerprint density at radius 2 is 2.27 bits per heavy atom. The second-order valence-corrected chi connectivity index (χ2v) is 3.93. The number of pyridine rings is 1. The summed E-state index contributed by atoms with van der Waals surface area (Å²) >= 11 is 7.35. The minimum Gasteiger partial charge on any atom is -0.465 e. The van der Waals surface area contributed by atoms with Crippen molar-refractivity contribution in [3.8, 4) is 0 Å². The Bertz CT molecular complexity index is 400. The molecule has 0 atom stereocenters. The fourth-order valence-electron chi connectivity index (χ4n) is 0.887. The van der Waals surface area contributed by atoms with Crippen LogP contribution in [0.15, 0.2) is 6.07 Å². The van der Waals surface area contributed by atoms with Crippen molar-refractivity contribution in [3.63, 3.8) is 0 Å². The average molecular weight is 347 g/mol. The fraction of sp³-hybridized carbons (Fsp3) is 0.250. The molecule has 0 aromatic carbocycles. The lowest BCUT2D eigenvalue weighted by Gasteiger charge is -2.06. The van der Waals surface area contributed by atoms with Gasteiger partial charge in [-0.25, -0.2) is 18.6 Å². The summed E-state index contributed by atoms with van der Waals surface area (Å²) in [5, 5.41) is -0.131. The SMILES string of the molecule is COC(=O)c1cc(C(F)F)nc(Cl)c1I.